The highest BCUT2D eigenvalue weighted by Crippen LogP contribution is 2.55. The lowest BCUT2D eigenvalue weighted by Gasteiger charge is -2.38. The van der Waals surface area contributed by atoms with Gasteiger partial charge < -0.3 is 38.3 Å². The van der Waals surface area contributed by atoms with Crippen molar-refractivity contribution < 1.29 is 43.1 Å². The molecule has 5 rings (SSSR count). The minimum atomic E-state index is -1.82. The van der Waals surface area contributed by atoms with E-state index in [0.29, 0.717) is 45.6 Å². The van der Waals surface area contributed by atoms with Gasteiger partial charge in [0.25, 0.3) is 5.79 Å². The van der Waals surface area contributed by atoms with Gasteiger partial charge in [-0.25, -0.2) is 0 Å². The predicted octanol–water partition coefficient (Wildman–Crippen LogP) is 1.83. The molecule has 2 aromatic rings. The highest BCUT2D eigenvalue weighted by Gasteiger charge is 2.59. The summed E-state index contributed by atoms with van der Waals surface area (Å²) in [6.07, 6.45) is 0. The van der Waals surface area contributed by atoms with E-state index in [-0.39, 0.29) is 13.4 Å². The van der Waals surface area contributed by atoms with Crippen molar-refractivity contribution in [3.05, 3.63) is 35.4 Å². The molecule has 0 radical (unpaired) electrons. The molecule has 1 N–H and O–H groups in total. The summed E-state index contributed by atoms with van der Waals surface area (Å²) in [5, 5.41) is 11.1. The molecule has 0 aliphatic carbocycles. The number of carbonyl (C=O) groups is 1. The molecule has 0 spiro atoms. The average molecular weight is 416 g/mol. The Morgan fingerprint density at radius 2 is 1.60 bits per heavy atom. The Morgan fingerprint density at radius 1 is 0.933 bits per heavy atom. The first kappa shape index (κ1) is 18.7. The van der Waals surface area contributed by atoms with Crippen LogP contribution in [0.3, 0.4) is 0 Å². The van der Waals surface area contributed by atoms with Crippen LogP contribution in [0.25, 0.3) is 0 Å². The second-order valence-electron chi connectivity index (χ2n) is 7.21. The first-order valence-corrected chi connectivity index (χ1v) is 9.30. The first-order valence-electron chi connectivity index (χ1n) is 9.30. The van der Waals surface area contributed by atoms with Crippen LogP contribution in [-0.2, 0) is 9.53 Å². The molecule has 3 aliphatic heterocycles. The molecule has 3 heterocycles. The van der Waals surface area contributed by atoms with Crippen LogP contribution in [-0.4, -0.2) is 51.6 Å². The lowest BCUT2D eigenvalue weighted by atomic mass is 9.75. The maximum Gasteiger partial charge on any atom is 0.317 e. The molecule has 30 heavy (non-hydrogen) atoms. The van der Waals surface area contributed by atoms with Gasteiger partial charge in [0.1, 0.15) is 11.7 Å². The number of fused-ring (bicyclic) bond motifs is 3. The molecular weight excluding hydrogens is 396 g/mol. The summed E-state index contributed by atoms with van der Waals surface area (Å²) in [7, 11) is 4.53. The second-order valence-corrected chi connectivity index (χ2v) is 7.21. The van der Waals surface area contributed by atoms with Crippen LogP contribution in [0.1, 0.15) is 17.0 Å². The number of aliphatic hydroxyl groups is 1. The van der Waals surface area contributed by atoms with Crippen LogP contribution in [0, 0.1) is 5.92 Å². The zero-order valence-corrected chi connectivity index (χ0v) is 16.6. The Balaban J connectivity index is 1.75. The van der Waals surface area contributed by atoms with Crippen molar-refractivity contribution in [3.8, 4) is 34.5 Å². The highest BCUT2D eigenvalue weighted by atomic mass is 16.7. The van der Waals surface area contributed by atoms with Crippen LogP contribution >= 0.6 is 0 Å². The van der Waals surface area contributed by atoms with Gasteiger partial charge in [-0.3, -0.25) is 4.79 Å². The number of hydrogen-bond donors (Lipinski definition) is 1. The van der Waals surface area contributed by atoms with E-state index in [0.717, 1.165) is 0 Å². The Labute approximate surface area is 172 Å². The predicted molar refractivity (Wildman–Crippen MR) is 101 cm³/mol. The molecule has 0 unspecified atom stereocenters. The van der Waals surface area contributed by atoms with Crippen molar-refractivity contribution in [2.24, 2.45) is 5.92 Å². The quantitative estimate of drug-likeness (QED) is 0.748. The van der Waals surface area contributed by atoms with Crippen molar-refractivity contribution in [2.45, 2.75) is 11.7 Å². The maximum atomic E-state index is 12.7. The minimum absolute atomic E-state index is 0.0861. The van der Waals surface area contributed by atoms with E-state index < -0.39 is 23.6 Å². The molecule has 158 valence electrons. The molecule has 0 saturated carbocycles. The molecule has 0 bridgehead atoms. The van der Waals surface area contributed by atoms with Crippen LogP contribution in [0.15, 0.2) is 24.3 Å². The van der Waals surface area contributed by atoms with E-state index in [4.69, 9.17) is 33.2 Å². The zero-order chi connectivity index (χ0) is 21.0. The lowest BCUT2D eigenvalue weighted by Crippen LogP contribution is -2.50. The SMILES string of the molecule is COc1cc([C@H]2c3cc4c(cc3O[C@@]3(O)COC(=O)[C@@H]23)OCO4)cc(OC)c1OC. The number of esters is 1. The fraction of sp³-hybridized carbons (Fsp3) is 0.381. The molecule has 3 aliphatic rings. The molecule has 0 aromatic heterocycles. The number of rotatable bonds is 4. The summed E-state index contributed by atoms with van der Waals surface area (Å²) in [5.41, 5.74) is 1.32. The minimum Gasteiger partial charge on any atom is -0.493 e. The normalized spacial score (nSPS) is 25.7. The fourth-order valence-corrected chi connectivity index (χ4v) is 4.32. The fourth-order valence-electron chi connectivity index (χ4n) is 4.32. The van der Waals surface area contributed by atoms with Crippen LogP contribution in [0.4, 0.5) is 0 Å². The summed E-state index contributed by atoms with van der Waals surface area (Å²) < 4.78 is 38.3. The molecule has 0 amide bonds. The van der Waals surface area contributed by atoms with Gasteiger partial charge in [0.2, 0.25) is 12.5 Å². The van der Waals surface area contributed by atoms with Gasteiger partial charge in [-0.2, -0.15) is 0 Å². The average Bonchev–Trinajstić information content (AvgIpc) is 3.32. The second kappa shape index (κ2) is 6.60. The Bertz CT molecular complexity index is 1010. The van der Waals surface area contributed by atoms with E-state index in [2.05, 4.69) is 0 Å². The third-order valence-corrected chi connectivity index (χ3v) is 5.67. The Kier molecular flexibility index (Phi) is 4.11. The number of ether oxygens (including phenoxy) is 7. The van der Waals surface area contributed by atoms with E-state index in [9.17, 15) is 9.90 Å². The number of benzene rings is 2. The summed E-state index contributed by atoms with van der Waals surface area (Å²) in [6.45, 7) is -0.186. The molecule has 1 fully saturated rings. The topological polar surface area (TPSA) is 102 Å². The zero-order valence-electron chi connectivity index (χ0n) is 16.6. The first-order chi connectivity index (χ1) is 14.5. The molecule has 1 saturated heterocycles. The van der Waals surface area contributed by atoms with Gasteiger partial charge in [-0.05, 0) is 23.8 Å². The van der Waals surface area contributed by atoms with Gasteiger partial charge in [0.15, 0.2) is 29.6 Å². The van der Waals surface area contributed by atoms with E-state index in [1.165, 1.54) is 21.3 Å². The van der Waals surface area contributed by atoms with Crippen molar-refractivity contribution in [1.29, 1.82) is 0 Å². The van der Waals surface area contributed by atoms with Crippen molar-refractivity contribution in [3.63, 3.8) is 0 Å². The maximum absolute atomic E-state index is 12.7. The largest absolute Gasteiger partial charge is 0.493 e. The third-order valence-electron chi connectivity index (χ3n) is 5.67. The van der Waals surface area contributed by atoms with Crippen molar-refractivity contribution in [1.82, 2.24) is 0 Å². The van der Waals surface area contributed by atoms with Crippen LogP contribution in [0.5, 0.6) is 34.5 Å². The smallest absolute Gasteiger partial charge is 0.317 e. The van der Waals surface area contributed by atoms with Gasteiger partial charge in [-0.1, -0.05) is 0 Å². The molecule has 9 heteroatoms. The van der Waals surface area contributed by atoms with Gasteiger partial charge in [-0.15, -0.1) is 0 Å². The Hall–Kier alpha value is -3.33. The number of cyclic esters (lactones) is 1. The van der Waals surface area contributed by atoms with Gasteiger partial charge in [0.05, 0.1) is 21.3 Å². The van der Waals surface area contributed by atoms with Gasteiger partial charge in [0, 0.05) is 17.5 Å². The van der Waals surface area contributed by atoms with Crippen LogP contribution < -0.4 is 28.4 Å². The standard InChI is InChI=1S/C21H20O9/c1-24-15-4-10(5-16(25-2)19(15)26-3)17-11-6-13-14(29-9-28-13)7-12(11)30-21(23)8-27-20(22)18(17)21/h4-7,17-18,23H,8-9H2,1-3H3/t17-,18+,21-/m0/s1. The van der Waals surface area contributed by atoms with Crippen molar-refractivity contribution in [2.75, 3.05) is 34.7 Å². The summed E-state index contributed by atoms with van der Waals surface area (Å²) >= 11 is 0. The van der Waals surface area contributed by atoms with Crippen molar-refractivity contribution >= 4 is 5.97 Å². The van der Waals surface area contributed by atoms with E-state index >= 15 is 0 Å². The molecular formula is C21H20O9. The number of methoxy groups -OCH3 is 3. The molecule has 2 aromatic carbocycles. The van der Waals surface area contributed by atoms with Crippen LogP contribution in [0.2, 0.25) is 0 Å². The summed E-state index contributed by atoms with van der Waals surface area (Å²) in [6, 6.07) is 6.91. The van der Waals surface area contributed by atoms with Gasteiger partial charge >= 0.3 is 5.97 Å². The third kappa shape index (κ3) is 2.55. The highest BCUT2D eigenvalue weighted by molar-refractivity contribution is 5.80. The number of hydrogen-bond acceptors (Lipinski definition) is 9. The Morgan fingerprint density at radius 3 is 2.23 bits per heavy atom. The monoisotopic (exact) mass is 416 g/mol. The number of carbonyl (C=O) groups excluding carboxylic acids is 1. The summed E-state index contributed by atoms with van der Waals surface area (Å²) in [5.74, 6) is -1.28. The van der Waals surface area contributed by atoms with E-state index in [1.807, 2.05) is 0 Å². The molecule has 9 nitrogen and oxygen atoms in total. The molecule has 3 atom stereocenters. The van der Waals surface area contributed by atoms with E-state index in [1.54, 1.807) is 24.3 Å². The summed E-state index contributed by atoms with van der Waals surface area (Å²) in [4.78, 5) is 12.7. The lowest BCUT2D eigenvalue weighted by molar-refractivity contribution is -0.173.